The van der Waals surface area contributed by atoms with E-state index >= 15 is 0 Å². The summed E-state index contributed by atoms with van der Waals surface area (Å²) in [5.41, 5.74) is 0.121. The highest BCUT2D eigenvalue weighted by Gasteiger charge is 2.30. The Morgan fingerprint density at radius 3 is 2.38 bits per heavy atom. The van der Waals surface area contributed by atoms with Gasteiger partial charge >= 0.3 is 6.18 Å². The van der Waals surface area contributed by atoms with Gasteiger partial charge in [0.1, 0.15) is 0 Å². The van der Waals surface area contributed by atoms with Crippen molar-refractivity contribution in [2.45, 2.75) is 6.18 Å². The highest BCUT2D eigenvalue weighted by atomic mass is 32.2. The second kappa shape index (κ2) is 4.57. The van der Waals surface area contributed by atoms with Gasteiger partial charge in [0.2, 0.25) is 0 Å². The molecule has 0 N–H and O–H groups in total. The monoisotopic (exact) mass is 246 g/mol. The molecule has 1 saturated heterocycles. The van der Waals surface area contributed by atoms with Crippen LogP contribution in [0.5, 0.6) is 0 Å². The van der Waals surface area contributed by atoms with E-state index in [1.54, 1.807) is 0 Å². The normalized spacial score (nSPS) is 17.6. The second-order valence-corrected chi connectivity index (χ2v) is 4.78. The van der Waals surface area contributed by atoms with E-state index in [1.807, 2.05) is 11.8 Å². The summed E-state index contributed by atoms with van der Waals surface area (Å²) in [7, 11) is 0. The number of rotatable bonds is 1. The quantitative estimate of drug-likeness (QED) is 0.749. The van der Waals surface area contributed by atoms with Crippen molar-refractivity contribution in [1.29, 1.82) is 0 Å². The van der Waals surface area contributed by atoms with E-state index in [1.165, 1.54) is 6.07 Å². The molecular formula is C11H11F3NS. The lowest BCUT2D eigenvalue weighted by Crippen LogP contribution is -2.32. The summed E-state index contributed by atoms with van der Waals surface area (Å²) in [6.45, 7) is 1.76. The molecule has 0 atom stereocenters. The van der Waals surface area contributed by atoms with Crippen molar-refractivity contribution in [2.75, 3.05) is 29.5 Å². The molecule has 0 saturated carbocycles. The van der Waals surface area contributed by atoms with Crippen molar-refractivity contribution in [1.82, 2.24) is 0 Å². The SMILES string of the molecule is FC(F)(F)c1c[c]c(N2CCSCC2)cc1. The van der Waals surface area contributed by atoms with E-state index in [2.05, 4.69) is 11.0 Å². The summed E-state index contributed by atoms with van der Waals surface area (Å²) in [4.78, 5) is 2.07. The van der Waals surface area contributed by atoms with Crippen LogP contribution in [0.3, 0.4) is 0 Å². The molecule has 0 spiro atoms. The molecule has 0 amide bonds. The van der Waals surface area contributed by atoms with Crippen molar-refractivity contribution in [3.05, 3.63) is 29.8 Å². The van der Waals surface area contributed by atoms with Crippen LogP contribution >= 0.6 is 11.8 Å². The van der Waals surface area contributed by atoms with Crippen LogP contribution in [0.15, 0.2) is 18.2 Å². The first-order valence-corrected chi connectivity index (χ1v) is 6.14. The molecule has 16 heavy (non-hydrogen) atoms. The Kier molecular flexibility index (Phi) is 3.33. The molecule has 1 heterocycles. The fraction of sp³-hybridized carbons (Fsp3) is 0.455. The zero-order chi connectivity index (χ0) is 11.6. The van der Waals surface area contributed by atoms with Gasteiger partial charge in [0.05, 0.1) is 5.56 Å². The number of thioether (sulfide) groups is 1. The van der Waals surface area contributed by atoms with Crippen LogP contribution in [0.2, 0.25) is 0 Å². The average molecular weight is 246 g/mol. The molecule has 0 aliphatic carbocycles. The van der Waals surface area contributed by atoms with E-state index < -0.39 is 11.7 Å². The van der Waals surface area contributed by atoms with Gasteiger partial charge in [-0.05, 0) is 18.2 Å². The van der Waals surface area contributed by atoms with E-state index in [0.717, 1.165) is 42.4 Å². The summed E-state index contributed by atoms with van der Waals surface area (Å²) in [6.07, 6.45) is -4.27. The molecule has 2 rings (SSSR count). The molecule has 1 aromatic rings. The minimum atomic E-state index is -4.27. The van der Waals surface area contributed by atoms with Gasteiger partial charge in [-0.3, -0.25) is 0 Å². The fourth-order valence-corrected chi connectivity index (χ4v) is 2.50. The van der Waals surface area contributed by atoms with E-state index in [9.17, 15) is 13.2 Å². The molecule has 1 nitrogen and oxygen atoms in total. The van der Waals surface area contributed by atoms with Crippen LogP contribution in [0.4, 0.5) is 18.9 Å². The standard InChI is InChI=1S/C11H11F3NS/c12-11(13,14)9-1-3-10(4-2-9)15-5-7-16-8-6-15/h1-3H,5-8H2. The fourth-order valence-electron chi connectivity index (χ4n) is 1.59. The number of nitrogens with zero attached hydrogens (tertiary/aromatic N) is 1. The molecule has 1 radical (unpaired) electrons. The first-order chi connectivity index (χ1) is 7.57. The summed E-state index contributed by atoms with van der Waals surface area (Å²) >= 11 is 1.87. The van der Waals surface area contributed by atoms with Crippen LogP contribution in [0.25, 0.3) is 0 Å². The Balaban J connectivity index is 2.12. The lowest BCUT2D eigenvalue weighted by atomic mass is 10.2. The van der Waals surface area contributed by atoms with Crippen molar-refractivity contribution >= 4 is 17.4 Å². The number of hydrogen-bond acceptors (Lipinski definition) is 2. The van der Waals surface area contributed by atoms with Gasteiger partial charge in [-0.1, -0.05) is 0 Å². The maximum atomic E-state index is 12.3. The van der Waals surface area contributed by atoms with Crippen LogP contribution in [0, 0.1) is 6.07 Å². The average Bonchev–Trinajstić information content (AvgIpc) is 2.29. The minimum absolute atomic E-state index is 0.636. The van der Waals surface area contributed by atoms with Crippen LogP contribution in [-0.2, 0) is 6.18 Å². The molecule has 0 bridgehead atoms. The summed E-state index contributed by atoms with van der Waals surface area (Å²) in [6, 6.07) is 6.35. The van der Waals surface area contributed by atoms with Gasteiger partial charge in [0.15, 0.2) is 0 Å². The maximum Gasteiger partial charge on any atom is 0.416 e. The van der Waals surface area contributed by atoms with E-state index in [4.69, 9.17) is 0 Å². The lowest BCUT2D eigenvalue weighted by Gasteiger charge is -2.28. The highest BCUT2D eigenvalue weighted by Crippen LogP contribution is 2.30. The van der Waals surface area contributed by atoms with E-state index in [0.29, 0.717) is 0 Å². The zero-order valence-corrected chi connectivity index (χ0v) is 9.37. The topological polar surface area (TPSA) is 3.24 Å². The van der Waals surface area contributed by atoms with Gasteiger partial charge in [0, 0.05) is 36.3 Å². The minimum Gasteiger partial charge on any atom is -0.369 e. The molecule has 0 aromatic heterocycles. The first kappa shape index (κ1) is 11.6. The van der Waals surface area contributed by atoms with Crippen molar-refractivity contribution in [2.24, 2.45) is 0 Å². The summed E-state index contributed by atoms with van der Waals surface area (Å²) < 4.78 is 37.0. The number of alkyl halides is 3. The zero-order valence-electron chi connectivity index (χ0n) is 8.55. The Hall–Kier alpha value is -0.840. The van der Waals surface area contributed by atoms with Crippen LogP contribution in [-0.4, -0.2) is 24.6 Å². The second-order valence-electron chi connectivity index (χ2n) is 3.56. The molecule has 1 aliphatic rings. The maximum absolute atomic E-state index is 12.3. The van der Waals surface area contributed by atoms with Crippen molar-refractivity contribution < 1.29 is 13.2 Å². The van der Waals surface area contributed by atoms with Gasteiger partial charge in [-0.2, -0.15) is 24.9 Å². The van der Waals surface area contributed by atoms with E-state index in [-0.39, 0.29) is 0 Å². The number of halogens is 3. The summed E-state index contributed by atoms with van der Waals surface area (Å²) in [5.74, 6) is 2.05. The van der Waals surface area contributed by atoms with Crippen LogP contribution in [0.1, 0.15) is 5.56 Å². The smallest absolute Gasteiger partial charge is 0.369 e. The number of hydrogen-bond donors (Lipinski definition) is 0. The van der Waals surface area contributed by atoms with Crippen LogP contribution < -0.4 is 4.90 Å². The number of benzene rings is 1. The lowest BCUT2D eigenvalue weighted by molar-refractivity contribution is -0.137. The molecule has 1 fully saturated rings. The van der Waals surface area contributed by atoms with Gasteiger partial charge in [-0.15, -0.1) is 0 Å². The van der Waals surface area contributed by atoms with Gasteiger partial charge in [0.25, 0.3) is 0 Å². The molecule has 1 aromatic carbocycles. The molecule has 87 valence electrons. The predicted octanol–water partition coefficient (Wildman–Crippen LogP) is 3.06. The Morgan fingerprint density at radius 2 is 1.88 bits per heavy atom. The Labute approximate surface area is 96.6 Å². The van der Waals surface area contributed by atoms with Gasteiger partial charge < -0.3 is 4.90 Å². The largest absolute Gasteiger partial charge is 0.416 e. The Morgan fingerprint density at radius 1 is 1.19 bits per heavy atom. The van der Waals surface area contributed by atoms with Gasteiger partial charge in [-0.25, -0.2) is 0 Å². The molecular weight excluding hydrogens is 235 g/mol. The molecule has 0 unspecified atom stereocenters. The third-order valence-electron chi connectivity index (χ3n) is 2.48. The molecule has 5 heteroatoms. The molecule has 1 aliphatic heterocycles. The Bertz CT molecular complexity index is 341. The van der Waals surface area contributed by atoms with Crippen molar-refractivity contribution in [3.63, 3.8) is 0 Å². The first-order valence-electron chi connectivity index (χ1n) is 4.99. The summed E-state index contributed by atoms with van der Waals surface area (Å²) in [5, 5.41) is 0. The predicted molar refractivity (Wildman–Crippen MR) is 59.8 cm³/mol. The number of anilines is 1. The van der Waals surface area contributed by atoms with Crippen molar-refractivity contribution in [3.8, 4) is 0 Å². The third-order valence-corrected chi connectivity index (χ3v) is 3.42. The third kappa shape index (κ3) is 2.64. The highest BCUT2D eigenvalue weighted by molar-refractivity contribution is 7.99.